The van der Waals surface area contributed by atoms with Crippen molar-refractivity contribution in [1.29, 1.82) is 0 Å². The third-order valence-electron chi connectivity index (χ3n) is 5.83. The van der Waals surface area contributed by atoms with Crippen molar-refractivity contribution < 1.29 is 23.2 Å². The number of nitrogens with zero attached hydrogens (tertiary/aromatic N) is 2. The van der Waals surface area contributed by atoms with Crippen molar-refractivity contribution in [1.82, 2.24) is 15.1 Å². The molecule has 0 unspecified atom stereocenters. The average molecular weight is 464 g/mol. The van der Waals surface area contributed by atoms with Gasteiger partial charge < -0.3 is 24.0 Å². The lowest BCUT2D eigenvalue weighted by molar-refractivity contribution is -0.132. The molecular weight excluding hydrogens is 442 g/mol. The third kappa shape index (κ3) is 4.24. The van der Waals surface area contributed by atoms with Crippen LogP contribution in [0.15, 0.2) is 44.0 Å². The van der Waals surface area contributed by atoms with Crippen LogP contribution in [0.3, 0.4) is 0 Å². The lowest BCUT2D eigenvalue weighted by Crippen LogP contribution is -2.47. The Morgan fingerprint density at radius 1 is 1.03 bits per heavy atom. The second kappa shape index (κ2) is 8.06. The number of furan rings is 2. The number of amides is 3. The van der Waals surface area contributed by atoms with E-state index in [-0.39, 0.29) is 29.5 Å². The van der Waals surface area contributed by atoms with Crippen molar-refractivity contribution in [3.63, 3.8) is 0 Å². The van der Waals surface area contributed by atoms with Crippen LogP contribution in [0.25, 0.3) is 0 Å². The van der Waals surface area contributed by atoms with Gasteiger partial charge in [0.2, 0.25) is 5.91 Å². The fraction of sp³-hybridized carbons (Fsp3) is 0.450. The first-order valence-electron chi connectivity index (χ1n) is 9.60. The van der Waals surface area contributed by atoms with Crippen LogP contribution in [-0.4, -0.2) is 60.2 Å². The maximum absolute atomic E-state index is 12.6. The van der Waals surface area contributed by atoms with Crippen LogP contribution >= 0.6 is 15.9 Å². The molecule has 0 saturated carbocycles. The molecule has 2 aliphatic rings. The predicted octanol–water partition coefficient (Wildman–Crippen LogP) is 2.52. The minimum Gasteiger partial charge on any atom is -0.459 e. The van der Waals surface area contributed by atoms with Crippen LogP contribution in [-0.2, 0) is 4.79 Å². The Balaban J connectivity index is 1.26. The van der Waals surface area contributed by atoms with Gasteiger partial charge in [0.25, 0.3) is 11.8 Å². The first-order valence-corrected chi connectivity index (χ1v) is 10.4. The summed E-state index contributed by atoms with van der Waals surface area (Å²) in [6, 6.07) is 6.57. The third-order valence-corrected chi connectivity index (χ3v) is 6.26. The molecule has 2 saturated heterocycles. The second-order valence-electron chi connectivity index (χ2n) is 7.62. The van der Waals surface area contributed by atoms with Crippen LogP contribution in [0.2, 0.25) is 0 Å². The van der Waals surface area contributed by atoms with Gasteiger partial charge in [0.1, 0.15) is 0 Å². The summed E-state index contributed by atoms with van der Waals surface area (Å²) in [5.74, 6) is -0.0623. The number of carbonyl (C=O) groups is 3. The molecule has 0 aromatic carbocycles. The molecular formula is C20H22BrN3O5. The predicted molar refractivity (Wildman–Crippen MR) is 106 cm³/mol. The molecule has 29 heavy (non-hydrogen) atoms. The van der Waals surface area contributed by atoms with E-state index in [9.17, 15) is 14.4 Å². The number of rotatable bonds is 4. The van der Waals surface area contributed by atoms with Gasteiger partial charge in [-0.2, -0.15) is 0 Å². The molecule has 154 valence electrons. The molecule has 1 N–H and O–H groups in total. The molecule has 3 amide bonds. The largest absolute Gasteiger partial charge is 0.459 e. The summed E-state index contributed by atoms with van der Waals surface area (Å²) >= 11 is 3.23. The Labute approximate surface area is 176 Å². The Hall–Kier alpha value is -2.55. The molecule has 8 nitrogen and oxygen atoms in total. The van der Waals surface area contributed by atoms with Gasteiger partial charge in [-0.1, -0.05) is 0 Å². The van der Waals surface area contributed by atoms with Gasteiger partial charge in [-0.3, -0.25) is 14.4 Å². The highest BCUT2D eigenvalue weighted by atomic mass is 79.9. The van der Waals surface area contributed by atoms with E-state index in [1.807, 2.05) is 4.90 Å². The highest BCUT2D eigenvalue weighted by Gasteiger charge is 2.43. The SMILES string of the molecule is O=C(NCC(=O)N1CCC2(CC1)CCN(C(=O)c1ccc(Br)o1)C2)c1ccco1. The number of carbonyl (C=O) groups excluding carboxylic acids is 3. The van der Waals surface area contributed by atoms with Gasteiger partial charge in [-0.25, -0.2) is 0 Å². The lowest BCUT2D eigenvalue weighted by atomic mass is 9.78. The molecule has 2 aliphatic heterocycles. The van der Waals surface area contributed by atoms with Gasteiger partial charge in [-0.15, -0.1) is 0 Å². The zero-order chi connectivity index (χ0) is 20.4. The molecule has 0 atom stereocenters. The molecule has 2 aromatic rings. The first-order chi connectivity index (χ1) is 14.0. The van der Waals surface area contributed by atoms with Crippen molar-refractivity contribution in [2.24, 2.45) is 5.41 Å². The van der Waals surface area contributed by atoms with Crippen LogP contribution < -0.4 is 5.32 Å². The van der Waals surface area contributed by atoms with E-state index >= 15 is 0 Å². The number of hydrogen-bond donors (Lipinski definition) is 1. The van der Waals surface area contributed by atoms with Crippen LogP contribution in [0.4, 0.5) is 0 Å². The van der Waals surface area contributed by atoms with Crippen LogP contribution in [0.1, 0.15) is 40.4 Å². The topological polar surface area (TPSA) is 96.0 Å². The van der Waals surface area contributed by atoms with E-state index in [4.69, 9.17) is 8.83 Å². The van der Waals surface area contributed by atoms with Crippen molar-refractivity contribution in [3.8, 4) is 0 Å². The normalized spacial score (nSPS) is 18.2. The minimum atomic E-state index is -0.397. The average Bonchev–Trinajstić information content (AvgIpc) is 3.47. The quantitative estimate of drug-likeness (QED) is 0.751. The smallest absolute Gasteiger partial charge is 0.289 e. The fourth-order valence-corrected chi connectivity index (χ4v) is 4.40. The van der Waals surface area contributed by atoms with Gasteiger partial charge in [0.15, 0.2) is 16.2 Å². The molecule has 2 aromatic heterocycles. The highest BCUT2D eigenvalue weighted by Crippen LogP contribution is 2.40. The van der Waals surface area contributed by atoms with Crippen molar-refractivity contribution in [2.45, 2.75) is 19.3 Å². The van der Waals surface area contributed by atoms with E-state index < -0.39 is 5.91 Å². The Morgan fingerprint density at radius 3 is 2.38 bits per heavy atom. The summed E-state index contributed by atoms with van der Waals surface area (Å²) in [5.41, 5.74) is 0.0493. The summed E-state index contributed by atoms with van der Waals surface area (Å²) in [5, 5.41) is 2.59. The van der Waals surface area contributed by atoms with Crippen molar-refractivity contribution >= 4 is 33.7 Å². The minimum absolute atomic E-state index is 0.0493. The number of hydrogen-bond acceptors (Lipinski definition) is 5. The molecule has 0 radical (unpaired) electrons. The zero-order valence-electron chi connectivity index (χ0n) is 15.9. The molecule has 0 bridgehead atoms. The molecule has 4 rings (SSSR count). The fourth-order valence-electron chi connectivity index (χ4n) is 4.09. The maximum Gasteiger partial charge on any atom is 0.289 e. The molecule has 0 aliphatic carbocycles. The van der Waals surface area contributed by atoms with E-state index in [0.717, 1.165) is 19.3 Å². The Bertz CT molecular complexity index is 899. The van der Waals surface area contributed by atoms with Crippen molar-refractivity contribution in [2.75, 3.05) is 32.7 Å². The molecule has 2 fully saturated rings. The summed E-state index contributed by atoms with van der Waals surface area (Å²) in [7, 11) is 0. The Morgan fingerprint density at radius 2 is 1.76 bits per heavy atom. The number of halogens is 1. The summed E-state index contributed by atoms with van der Waals surface area (Å²) in [6.07, 6.45) is 4.03. The van der Waals surface area contributed by atoms with E-state index in [0.29, 0.717) is 36.6 Å². The lowest BCUT2D eigenvalue weighted by Gasteiger charge is -2.39. The second-order valence-corrected chi connectivity index (χ2v) is 8.40. The number of nitrogens with one attached hydrogen (secondary N) is 1. The number of piperidine rings is 1. The van der Waals surface area contributed by atoms with Gasteiger partial charge in [0, 0.05) is 26.2 Å². The van der Waals surface area contributed by atoms with Crippen LogP contribution in [0.5, 0.6) is 0 Å². The summed E-state index contributed by atoms with van der Waals surface area (Å²) in [6.45, 7) is 2.59. The molecule has 9 heteroatoms. The summed E-state index contributed by atoms with van der Waals surface area (Å²) in [4.78, 5) is 40.5. The maximum atomic E-state index is 12.6. The van der Waals surface area contributed by atoms with Gasteiger partial charge >= 0.3 is 0 Å². The standard InChI is InChI=1S/C20H22BrN3O5/c21-16-4-3-15(29-16)19(27)24-10-7-20(13-24)5-8-23(9-6-20)17(25)12-22-18(26)14-2-1-11-28-14/h1-4,11H,5-10,12-13H2,(H,22,26). The van der Waals surface area contributed by atoms with E-state index in [1.54, 1.807) is 29.2 Å². The summed E-state index contributed by atoms with van der Waals surface area (Å²) < 4.78 is 10.9. The van der Waals surface area contributed by atoms with Crippen molar-refractivity contribution in [3.05, 3.63) is 46.7 Å². The van der Waals surface area contributed by atoms with E-state index in [2.05, 4.69) is 21.2 Å². The first kappa shape index (κ1) is 19.8. The Kier molecular flexibility index (Phi) is 5.49. The van der Waals surface area contributed by atoms with Gasteiger partial charge in [0.05, 0.1) is 12.8 Å². The highest BCUT2D eigenvalue weighted by molar-refractivity contribution is 9.10. The molecule has 4 heterocycles. The number of likely N-dealkylation sites (tertiary alicyclic amines) is 2. The van der Waals surface area contributed by atoms with Gasteiger partial charge in [-0.05, 0) is 64.9 Å². The monoisotopic (exact) mass is 463 g/mol. The van der Waals surface area contributed by atoms with Crippen LogP contribution in [0, 0.1) is 5.41 Å². The van der Waals surface area contributed by atoms with E-state index in [1.165, 1.54) is 6.26 Å². The molecule has 1 spiro atoms. The zero-order valence-corrected chi connectivity index (χ0v) is 17.4.